The maximum absolute atomic E-state index is 5.79. The van der Waals surface area contributed by atoms with Gasteiger partial charge >= 0.3 is 0 Å². The van der Waals surface area contributed by atoms with Crippen LogP contribution in [0.3, 0.4) is 0 Å². The zero-order valence-electron chi connectivity index (χ0n) is 5.85. The number of nitrogens with zero attached hydrogens (tertiary/aromatic N) is 1. The first-order chi connectivity index (χ1) is 4.54. The molecule has 0 N–H and O–H groups in total. The molecule has 0 spiro atoms. The fraction of sp³-hybridized carbons (Fsp3) is 0.667. The Labute approximate surface area is 77.4 Å². The molecule has 0 aromatic rings. The number of likely N-dealkylation sites (N-methyl/N-ethyl adjacent to an activating group) is 1. The van der Waals surface area contributed by atoms with Gasteiger partial charge in [-0.05, 0) is 13.1 Å². The van der Waals surface area contributed by atoms with Gasteiger partial charge in [0.1, 0.15) is 0 Å². The summed E-state index contributed by atoms with van der Waals surface area (Å²) in [6.45, 7) is 4.24. The van der Waals surface area contributed by atoms with Gasteiger partial charge in [-0.25, -0.2) is 0 Å². The summed E-state index contributed by atoms with van der Waals surface area (Å²) in [6, 6.07) is 0. The second-order valence-corrected chi connectivity index (χ2v) is 3.73. The number of rotatable bonds is 4. The molecule has 0 aliphatic rings. The average Bonchev–Trinajstić information content (AvgIpc) is 1.89. The molecule has 0 aromatic carbocycles. The molecule has 0 unspecified atom stereocenters. The van der Waals surface area contributed by atoms with Gasteiger partial charge in [0, 0.05) is 12.3 Å². The van der Waals surface area contributed by atoms with Crippen molar-refractivity contribution in [3.8, 4) is 0 Å². The highest BCUT2D eigenvalue weighted by molar-refractivity contribution is 7.80. The Bertz CT molecular complexity index is 116. The van der Waals surface area contributed by atoms with Crippen molar-refractivity contribution < 1.29 is 0 Å². The zero-order chi connectivity index (χ0) is 8.20. The summed E-state index contributed by atoms with van der Waals surface area (Å²) in [5.74, 6) is 0.728. The topological polar surface area (TPSA) is 3.24 Å². The van der Waals surface area contributed by atoms with Gasteiger partial charge in [0.25, 0.3) is 0 Å². The van der Waals surface area contributed by atoms with Crippen LogP contribution in [-0.2, 0) is 0 Å². The van der Waals surface area contributed by atoms with Gasteiger partial charge in [0.2, 0.25) is 0 Å². The van der Waals surface area contributed by atoms with Crippen molar-refractivity contribution in [3.63, 3.8) is 0 Å². The number of thiol groups is 1. The van der Waals surface area contributed by atoms with Crippen LogP contribution in [0.25, 0.3) is 0 Å². The summed E-state index contributed by atoms with van der Waals surface area (Å²) in [6.07, 6.45) is 1.49. The van der Waals surface area contributed by atoms with Crippen LogP contribution >= 0.6 is 35.8 Å². The van der Waals surface area contributed by atoms with Gasteiger partial charge < -0.3 is 0 Å². The highest BCUT2D eigenvalue weighted by Crippen LogP contribution is 2.25. The lowest BCUT2D eigenvalue weighted by Crippen LogP contribution is -2.35. The zero-order valence-corrected chi connectivity index (χ0v) is 8.26. The number of alkyl halides is 2. The van der Waals surface area contributed by atoms with E-state index in [4.69, 9.17) is 23.2 Å². The minimum absolute atomic E-state index is 0.728. The molecule has 0 aliphatic carbocycles. The van der Waals surface area contributed by atoms with Crippen LogP contribution in [-0.4, -0.2) is 28.7 Å². The smallest absolute Gasteiger partial charge is 0.189 e. The molecule has 0 atom stereocenters. The first-order valence-corrected chi connectivity index (χ1v) is 4.27. The molecular formula is C6H11Cl2NS. The van der Waals surface area contributed by atoms with Crippen LogP contribution in [0, 0.1) is 0 Å². The standard InChI is InChI=1S/C6H11Cl2NS/c1-3-6(7,8)9(2)4-5-10/h3,10H,1,4-5H2,2H3. The normalized spacial score (nSPS) is 12.1. The molecule has 0 aromatic heterocycles. The molecule has 0 aliphatic heterocycles. The fourth-order valence-electron chi connectivity index (χ4n) is 0.455. The van der Waals surface area contributed by atoms with Crippen molar-refractivity contribution >= 4 is 35.8 Å². The third-order valence-corrected chi connectivity index (χ3v) is 2.28. The Morgan fingerprint density at radius 3 is 2.50 bits per heavy atom. The molecule has 4 heteroatoms. The Morgan fingerprint density at radius 2 is 2.20 bits per heavy atom. The minimum Gasteiger partial charge on any atom is -0.271 e. The molecule has 0 radical (unpaired) electrons. The second kappa shape index (κ2) is 4.50. The van der Waals surface area contributed by atoms with E-state index < -0.39 is 4.46 Å². The Kier molecular flexibility index (Phi) is 4.78. The second-order valence-electron chi connectivity index (χ2n) is 1.94. The van der Waals surface area contributed by atoms with Crippen molar-refractivity contribution in [2.75, 3.05) is 19.3 Å². The maximum Gasteiger partial charge on any atom is 0.189 e. The van der Waals surface area contributed by atoms with Gasteiger partial charge in [-0.3, -0.25) is 4.90 Å². The van der Waals surface area contributed by atoms with Gasteiger partial charge in [0.05, 0.1) is 0 Å². The first kappa shape index (κ1) is 10.6. The minimum atomic E-state index is -0.956. The van der Waals surface area contributed by atoms with Crippen LogP contribution in [0.5, 0.6) is 0 Å². The van der Waals surface area contributed by atoms with Crippen molar-refractivity contribution in [2.45, 2.75) is 4.46 Å². The third kappa shape index (κ3) is 3.15. The Balaban J connectivity index is 3.90. The van der Waals surface area contributed by atoms with E-state index in [9.17, 15) is 0 Å². The largest absolute Gasteiger partial charge is 0.271 e. The lowest BCUT2D eigenvalue weighted by Gasteiger charge is -2.26. The van der Waals surface area contributed by atoms with Crippen molar-refractivity contribution in [3.05, 3.63) is 12.7 Å². The van der Waals surface area contributed by atoms with Gasteiger partial charge in [-0.15, -0.1) is 0 Å². The summed E-state index contributed by atoms with van der Waals surface area (Å²) in [4.78, 5) is 1.76. The monoisotopic (exact) mass is 199 g/mol. The number of hydrogen-bond donors (Lipinski definition) is 1. The first-order valence-electron chi connectivity index (χ1n) is 2.88. The lowest BCUT2D eigenvalue weighted by atomic mass is 10.5. The van der Waals surface area contributed by atoms with E-state index >= 15 is 0 Å². The van der Waals surface area contributed by atoms with Crippen molar-refractivity contribution in [1.82, 2.24) is 4.90 Å². The van der Waals surface area contributed by atoms with Crippen LogP contribution < -0.4 is 0 Å². The van der Waals surface area contributed by atoms with Crippen LogP contribution in [0.15, 0.2) is 12.7 Å². The summed E-state index contributed by atoms with van der Waals surface area (Å²) >= 11 is 15.6. The average molecular weight is 200 g/mol. The molecule has 0 fully saturated rings. The predicted octanol–water partition coefficient (Wildman–Crippen LogP) is 2.17. The van der Waals surface area contributed by atoms with E-state index in [0.29, 0.717) is 0 Å². The number of halogens is 2. The molecule has 0 saturated carbocycles. The highest BCUT2D eigenvalue weighted by Gasteiger charge is 2.23. The van der Waals surface area contributed by atoms with Gasteiger partial charge in [0.15, 0.2) is 4.46 Å². The maximum atomic E-state index is 5.79. The van der Waals surface area contributed by atoms with Crippen molar-refractivity contribution in [1.29, 1.82) is 0 Å². The molecule has 1 nitrogen and oxygen atoms in total. The van der Waals surface area contributed by atoms with Crippen LogP contribution in [0.1, 0.15) is 0 Å². The molecule has 0 saturated heterocycles. The number of hydrogen-bond acceptors (Lipinski definition) is 2. The SMILES string of the molecule is C=CC(Cl)(Cl)N(C)CCS. The molecule has 60 valence electrons. The molecular weight excluding hydrogens is 189 g/mol. The molecule has 10 heavy (non-hydrogen) atoms. The molecule has 0 rings (SSSR count). The van der Waals surface area contributed by atoms with Crippen molar-refractivity contribution in [2.24, 2.45) is 0 Å². The molecule has 0 amide bonds. The summed E-state index contributed by atoms with van der Waals surface area (Å²) < 4.78 is -0.956. The molecule has 0 heterocycles. The summed E-state index contributed by atoms with van der Waals surface area (Å²) in [7, 11) is 1.82. The third-order valence-electron chi connectivity index (χ3n) is 1.19. The predicted molar refractivity (Wildman–Crippen MR) is 51.1 cm³/mol. The Morgan fingerprint density at radius 1 is 1.70 bits per heavy atom. The van der Waals surface area contributed by atoms with E-state index in [0.717, 1.165) is 12.3 Å². The van der Waals surface area contributed by atoms with E-state index in [1.54, 1.807) is 4.90 Å². The summed E-state index contributed by atoms with van der Waals surface area (Å²) in [5.41, 5.74) is 0. The van der Waals surface area contributed by atoms with E-state index in [-0.39, 0.29) is 0 Å². The Hall–Kier alpha value is 0.630. The lowest BCUT2D eigenvalue weighted by molar-refractivity contribution is 0.335. The fourth-order valence-corrected chi connectivity index (χ4v) is 0.924. The van der Waals surface area contributed by atoms with E-state index in [2.05, 4.69) is 19.2 Å². The van der Waals surface area contributed by atoms with Gasteiger partial charge in [-0.2, -0.15) is 12.6 Å². The van der Waals surface area contributed by atoms with Crippen LogP contribution in [0.4, 0.5) is 0 Å². The molecule has 0 bridgehead atoms. The van der Waals surface area contributed by atoms with E-state index in [1.807, 2.05) is 7.05 Å². The van der Waals surface area contributed by atoms with Gasteiger partial charge in [-0.1, -0.05) is 29.8 Å². The van der Waals surface area contributed by atoms with Crippen LogP contribution in [0.2, 0.25) is 0 Å². The quantitative estimate of drug-likeness (QED) is 0.315. The highest BCUT2D eigenvalue weighted by atomic mass is 35.5. The van der Waals surface area contributed by atoms with E-state index in [1.165, 1.54) is 6.08 Å². The summed E-state index contributed by atoms with van der Waals surface area (Å²) in [5, 5.41) is 0.